The molecule has 1 aromatic carbocycles. The lowest BCUT2D eigenvalue weighted by molar-refractivity contribution is -0.141. The molecule has 10 heteroatoms. The smallest absolute Gasteiger partial charge is 0.382 e. The largest absolute Gasteiger partial charge is 0.437 e. The third kappa shape index (κ3) is 4.62. The highest BCUT2D eigenvalue weighted by molar-refractivity contribution is 5.99. The number of piperazine rings is 1. The van der Waals surface area contributed by atoms with Gasteiger partial charge < -0.3 is 15.5 Å². The Morgan fingerprint density at radius 3 is 2.65 bits per heavy atom. The quantitative estimate of drug-likeness (QED) is 0.779. The normalized spacial score (nSPS) is 17.2. The second kappa shape index (κ2) is 8.91. The molecule has 1 aliphatic rings. The zero-order valence-corrected chi connectivity index (χ0v) is 17.3. The zero-order chi connectivity index (χ0) is 22.8. The summed E-state index contributed by atoms with van der Waals surface area (Å²) < 4.78 is 39.4. The van der Waals surface area contributed by atoms with Crippen molar-refractivity contribution in [3.8, 4) is 11.3 Å². The maximum absolute atomic E-state index is 13.2. The van der Waals surface area contributed by atoms with Crippen LogP contribution in [0.25, 0.3) is 11.3 Å². The standard InChI is InChI=1S/C21H24F3N5O2/c1-3-6-16-20(31)28(4-2)9-10-29(16)19(30)14-8-5-7-13(11-14)15-12-26-18(25)17(27-15)21(22,23)24/h5,7-8,11-12,16H,3-4,6,9-10H2,1-2H3,(H2,25,26). The molecule has 1 unspecified atom stereocenters. The number of nitrogens with zero attached hydrogens (tertiary/aromatic N) is 4. The summed E-state index contributed by atoms with van der Waals surface area (Å²) in [5, 5.41) is 0. The van der Waals surface area contributed by atoms with Crippen LogP contribution in [0, 0.1) is 0 Å². The molecule has 1 fully saturated rings. The predicted octanol–water partition coefficient (Wildman–Crippen LogP) is 3.22. The average molecular weight is 435 g/mol. The van der Waals surface area contributed by atoms with Crippen LogP contribution in [0.4, 0.5) is 19.0 Å². The monoisotopic (exact) mass is 435 g/mol. The third-order valence-electron chi connectivity index (χ3n) is 5.26. The summed E-state index contributed by atoms with van der Waals surface area (Å²) in [5.41, 5.74) is 4.57. The van der Waals surface area contributed by atoms with Gasteiger partial charge in [0.1, 0.15) is 6.04 Å². The third-order valence-corrected chi connectivity index (χ3v) is 5.26. The minimum Gasteiger partial charge on any atom is -0.382 e. The molecule has 0 spiro atoms. The van der Waals surface area contributed by atoms with Crippen molar-refractivity contribution in [3.05, 3.63) is 41.7 Å². The molecule has 2 heterocycles. The van der Waals surface area contributed by atoms with Gasteiger partial charge >= 0.3 is 6.18 Å². The molecule has 1 aliphatic heterocycles. The molecule has 2 aromatic rings. The van der Waals surface area contributed by atoms with E-state index in [-0.39, 0.29) is 23.1 Å². The molecule has 1 aromatic heterocycles. The molecule has 2 N–H and O–H groups in total. The molecule has 2 amide bonds. The molecule has 0 radical (unpaired) electrons. The van der Waals surface area contributed by atoms with Crippen LogP contribution < -0.4 is 5.73 Å². The number of aromatic nitrogens is 2. The fourth-order valence-electron chi connectivity index (χ4n) is 3.67. The van der Waals surface area contributed by atoms with Gasteiger partial charge in [-0.3, -0.25) is 9.59 Å². The highest BCUT2D eigenvalue weighted by Crippen LogP contribution is 2.32. The van der Waals surface area contributed by atoms with Crippen molar-refractivity contribution in [2.45, 2.75) is 38.9 Å². The summed E-state index contributed by atoms with van der Waals surface area (Å²) >= 11 is 0. The topological polar surface area (TPSA) is 92.4 Å². The number of nitrogen functional groups attached to an aromatic ring is 1. The molecule has 3 rings (SSSR count). The molecule has 166 valence electrons. The first-order chi connectivity index (χ1) is 14.7. The van der Waals surface area contributed by atoms with Crippen molar-refractivity contribution in [2.75, 3.05) is 25.4 Å². The average Bonchev–Trinajstić information content (AvgIpc) is 2.74. The van der Waals surface area contributed by atoms with Crippen molar-refractivity contribution in [2.24, 2.45) is 0 Å². The van der Waals surface area contributed by atoms with Gasteiger partial charge in [-0.25, -0.2) is 9.97 Å². The highest BCUT2D eigenvalue weighted by atomic mass is 19.4. The van der Waals surface area contributed by atoms with E-state index in [1.165, 1.54) is 6.07 Å². The van der Waals surface area contributed by atoms with Gasteiger partial charge in [-0.2, -0.15) is 13.2 Å². The number of halogens is 3. The Morgan fingerprint density at radius 1 is 1.26 bits per heavy atom. The lowest BCUT2D eigenvalue weighted by Crippen LogP contribution is -2.58. The molecule has 0 saturated carbocycles. The van der Waals surface area contributed by atoms with Crippen molar-refractivity contribution in [3.63, 3.8) is 0 Å². The Balaban J connectivity index is 1.93. The number of carbonyl (C=O) groups excluding carboxylic acids is 2. The van der Waals surface area contributed by atoms with E-state index in [1.54, 1.807) is 28.0 Å². The van der Waals surface area contributed by atoms with Crippen molar-refractivity contribution < 1.29 is 22.8 Å². The number of carbonyl (C=O) groups is 2. The van der Waals surface area contributed by atoms with Crippen molar-refractivity contribution in [1.29, 1.82) is 0 Å². The fourth-order valence-corrected chi connectivity index (χ4v) is 3.67. The van der Waals surface area contributed by atoms with E-state index in [0.717, 1.165) is 12.6 Å². The van der Waals surface area contributed by atoms with E-state index in [1.807, 2.05) is 13.8 Å². The minimum absolute atomic E-state index is 0.0480. The van der Waals surface area contributed by atoms with Gasteiger partial charge in [-0.1, -0.05) is 25.5 Å². The minimum atomic E-state index is -4.74. The number of anilines is 1. The fraction of sp³-hybridized carbons (Fsp3) is 0.429. The molecule has 0 bridgehead atoms. The van der Waals surface area contributed by atoms with Gasteiger partial charge in [0.2, 0.25) is 5.91 Å². The Hall–Kier alpha value is -3.17. The summed E-state index contributed by atoms with van der Waals surface area (Å²) in [6.07, 6.45) is -2.33. The Bertz CT molecular complexity index is 980. The zero-order valence-electron chi connectivity index (χ0n) is 17.3. The first-order valence-corrected chi connectivity index (χ1v) is 10.1. The van der Waals surface area contributed by atoms with Gasteiger partial charge in [0.15, 0.2) is 11.5 Å². The SMILES string of the molecule is CCCC1C(=O)N(CC)CCN1C(=O)c1cccc(-c2cnc(N)c(C(F)(F)F)n2)c1. The second-order valence-electron chi connectivity index (χ2n) is 7.29. The number of likely N-dealkylation sites (N-methyl/N-ethyl adjacent to an activating group) is 1. The lowest BCUT2D eigenvalue weighted by Gasteiger charge is -2.40. The predicted molar refractivity (Wildman–Crippen MR) is 109 cm³/mol. The van der Waals surface area contributed by atoms with Gasteiger partial charge in [0, 0.05) is 30.8 Å². The highest BCUT2D eigenvalue weighted by Gasteiger charge is 2.37. The van der Waals surface area contributed by atoms with Crippen LogP contribution in [-0.2, 0) is 11.0 Å². The molecule has 1 atom stereocenters. The van der Waals surface area contributed by atoms with Crippen LogP contribution in [0.3, 0.4) is 0 Å². The van der Waals surface area contributed by atoms with Gasteiger partial charge in [0.05, 0.1) is 11.9 Å². The van der Waals surface area contributed by atoms with Crippen LogP contribution in [0.2, 0.25) is 0 Å². The molecule has 1 saturated heterocycles. The van der Waals surface area contributed by atoms with E-state index in [2.05, 4.69) is 9.97 Å². The summed E-state index contributed by atoms with van der Waals surface area (Å²) in [6.45, 7) is 5.25. The first-order valence-electron chi connectivity index (χ1n) is 10.1. The van der Waals surface area contributed by atoms with Gasteiger partial charge in [0.25, 0.3) is 5.91 Å². The Morgan fingerprint density at radius 2 is 2.00 bits per heavy atom. The number of alkyl halides is 3. The van der Waals surface area contributed by atoms with E-state index in [0.29, 0.717) is 31.6 Å². The summed E-state index contributed by atoms with van der Waals surface area (Å²) in [7, 11) is 0. The van der Waals surface area contributed by atoms with E-state index < -0.39 is 23.7 Å². The van der Waals surface area contributed by atoms with Gasteiger partial charge in [-0.15, -0.1) is 0 Å². The van der Waals surface area contributed by atoms with Gasteiger partial charge in [-0.05, 0) is 25.5 Å². The Kier molecular flexibility index (Phi) is 6.47. The summed E-state index contributed by atoms with van der Waals surface area (Å²) in [6, 6.07) is 5.58. The molecular formula is C21H24F3N5O2. The van der Waals surface area contributed by atoms with E-state index >= 15 is 0 Å². The maximum Gasteiger partial charge on any atom is 0.437 e. The lowest BCUT2D eigenvalue weighted by atomic mass is 10.0. The summed E-state index contributed by atoms with van der Waals surface area (Å²) in [5.74, 6) is -1.14. The number of nitrogens with two attached hydrogens (primary N) is 1. The molecular weight excluding hydrogens is 411 g/mol. The van der Waals surface area contributed by atoms with Crippen LogP contribution in [0.1, 0.15) is 42.7 Å². The number of benzene rings is 1. The number of hydrogen-bond acceptors (Lipinski definition) is 5. The number of hydrogen-bond donors (Lipinski definition) is 1. The maximum atomic E-state index is 13.2. The van der Waals surface area contributed by atoms with Crippen LogP contribution in [-0.4, -0.2) is 57.3 Å². The van der Waals surface area contributed by atoms with E-state index in [4.69, 9.17) is 5.73 Å². The van der Waals surface area contributed by atoms with Crippen LogP contribution in [0.15, 0.2) is 30.5 Å². The molecule has 31 heavy (non-hydrogen) atoms. The molecule has 0 aliphatic carbocycles. The van der Waals surface area contributed by atoms with Crippen molar-refractivity contribution in [1.82, 2.24) is 19.8 Å². The van der Waals surface area contributed by atoms with Crippen LogP contribution >= 0.6 is 0 Å². The first kappa shape index (κ1) is 22.5. The number of amides is 2. The van der Waals surface area contributed by atoms with E-state index in [9.17, 15) is 22.8 Å². The molecule has 7 nitrogen and oxygen atoms in total. The van der Waals surface area contributed by atoms with Crippen molar-refractivity contribution >= 4 is 17.6 Å². The Labute approximate surface area is 178 Å². The van der Waals surface area contributed by atoms with Crippen LogP contribution in [0.5, 0.6) is 0 Å². The second-order valence-corrected chi connectivity index (χ2v) is 7.29. The summed E-state index contributed by atoms with van der Waals surface area (Å²) in [4.78, 5) is 36.4. The number of rotatable bonds is 5.